The number of amides is 2. The van der Waals surface area contributed by atoms with E-state index in [-0.39, 0.29) is 12.5 Å². The summed E-state index contributed by atoms with van der Waals surface area (Å²) >= 11 is 0. The van der Waals surface area contributed by atoms with Gasteiger partial charge in [-0.1, -0.05) is 29.8 Å². The second-order valence-electron chi connectivity index (χ2n) is 5.73. The Bertz CT molecular complexity index is 480. The summed E-state index contributed by atoms with van der Waals surface area (Å²) in [5.41, 5.74) is 1.43. The summed E-state index contributed by atoms with van der Waals surface area (Å²) < 4.78 is 0. The van der Waals surface area contributed by atoms with E-state index in [2.05, 4.69) is 5.32 Å². The van der Waals surface area contributed by atoms with Crippen molar-refractivity contribution in [1.82, 2.24) is 10.2 Å². The molecule has 0 unspecified atom stereocenters. The number of nitrogens with one attached hydrogen (secondary N) is 1. The van der Waals surface area contributed by atoms with Crippen molar-refractivity contribution in [2.75, 3.05) is 7.05 Å². The first-order valence-corrected chi connectivity index (χ1v) is 6.50. The van der Waals surface area contributed by atoms with Crippen LogP contribution < -0.4 is 5.32 Å². The zero-order valence-electron chi connectivity index (χ0n) is 12.4. The molecule has 0 spiro atoms. The van der Waals surface area contributed by atoms with Gasteiger partial charge < -0.3 is 15.3 Å². The van der Waals surface area contributed by atoms with Crippen molar-refractivity contribution in [2.45, 2.75) is 39.3 Å². The van der Waals surface area contributed by atoms with Crippen molar-refractivity contribution >= 4 is 12.0 Å². The van der Waals surface area contributed by atoms with Crippen LogP contribution in [0.1, 0.15) is 31.4 Å². The van der Waals surface area contributed by atoms with Crippen molar-refractivity contribution in [3.8, 4) is 0 Å². The summed E-state index contributed by atoms with van der Waals surface area (Å²) in [6.45, 7) is 5.88. The van der Waals surface area contributed by atoms with E-state index in [0.717, 1.165) is 5.56 Å². The van der Waals surface area contributed by atoms with E-state index in [1.807, 2.05) is 31.2 Å². The number of urea groups is 1. The molecule has 2 amide bonds. The molecule has 0 aliphatic heterocycles. The molecule has 110 valence electrons. The number of carboxylic acid groups (broad SMARTS) is 1. The van der Waals surface area contributed by atoms with Crippen molar-refractivity contribution < 1.29 is 14.7 Å². The molecule has 0 saturated heterocycles. The van der Waals surface area contributed by atoms with Gasteiger partial charge in [0.2, 0.25) is 0 Å². The van der Waals surface area contributed by atoms with Gasteiger partial charge in [0, 0.05) is 19.1 Å². The third-order valence-electron chi connectivity index (χ3n) is 2.93. The van der Waals surface area contributed by atoms with Gasteiger partial charge in [-0.3, -0.25) is 4.79 Å². The van der Waals surface area contributed by atoms with E-state index < -0.39 is 11.5 Å². The Kier molecular flexibility index (Phi) is 5.13. The maximum Gasteiger partial charge on any atom is 0.317 e. The van der Waals surface area contributed by atoms with Gasteiger partial charge in [-0.2, -0.15) is 0 Å². The normalized spacial score (nSPS) is 11.0. The molecule has 0 aliphatic rings. The minimum absolute atomic E-state index is 0.114. The lowest BCUT2D eigenvalue weighted by molar-refractivity contribution is -0.138. The zero-order chi connectivity index (χ0) is 15.3. The number of rotatable bonds is 5. The van der Waals surface area contributed by atoms with Gasteiger partial charge in [0.1, 0.15) is 0 Å². The lowest BCUT2D eigenvalue weighted by atomic mass is 10.0. The number of aliphatic carboxylic acids is 1. The van der Waals surface area contributed by atoms with Crippen LogP contribution in [0.3, 0.4) is 0 Å². The fourth-order valence-electron chi connectivity index (χ4n) is 1.85. The minimum atomic E-state index is -0.934. The SMILES string of the molecule is Cc1ccc(CN(C)C(=O)NC(C)(C)CC(=O)O)cc1. The number of benzene rings is 1. The van der Waals surface area contributed by atoms with Crippen LogP contribution >= 0.6 is 0 Å². The molecule has 20 heavy (non-hydrogen) atoms. The highest BCUT2D eigenvalue weighted by Crippen LogP contribution is 2.10. The van der Waals surface area contributed by atoms with Crippen LogP contribution in [-0.2, 0) is 11.3 Å². The predicted octanol–water partition coefficient (Wildman–Crippen LogP) is 2.39. The molecule has 0 aliphatic carbocycles. The van der Waals surface area contributed by atoms with Crippen molar-refractivity contribution in [3.63, 3.8) is 0 Å². The fraction of sp³-hybridized carbons (Fsp3) is 0.467. The summed E-state index contributed by atoms with van der Waals surface area (Å²) in [7, 11) is 1.69. The van der Waals surface area contributed by atoms with Gasteiger partial charge in [-0.25, -0.2) is 4.79 Å². The van der Waals surface area contributed by atoms with Crippen LogP contribution in [0.4, 0.5) is 4.79 Å². The maximum absolute atomic E-state index is 12.0. The average Bonchev–Trinajstić information content (AvgIpc) is 2.29. The summed E-state index contributed by atoms with van der Waals surface area (Å²) in [5.74, 6) is -0.934. The van der Waals surface area contributed by atoms with Crippen LogP contribution in [-0.4, -0.2) is 34.6 Å². The number of carboxylic acids is 1. The summed E-state index contributed by atoms with van der Waals surface area (Å²) in [5, 5.41) is 11.5. The Morgan fingerprint density at radius 2 is 1.80 bits per heavy atom. The molecule has 0 radical (unpaired) electrons. The van der Waals surface area contributed by atoms with Crippen LogP contribution in [0.15, 0.2) is 24.3 Å². The molecule has 5 heteroatoms. The first-order valence-electron chi connectivity index (χ1n) is 6.50. The molecule has 5 nitrogen and oxygen atoms in total. The van der Waals surface area contributed by atoms with E-state index in [1.165, 1.54) is 10.5 Å². The molecule has 2 N–H and O–H groups in total. The third-order valence-corrected chi connectivity index (χ3v) is 2.93. The molecular formula is C15H22N2O3. The third kappa shape index (κ3) is 5.30. The van der Waals surface area contributed by atoms with Gasteiger partial charge in [0.25, 0.3) is 0 Å². The standard InChI is InChI=1S/C15H22N2O3/c1-11-5-7-12(8-6-11)10-17(4)14(20)16-15(2,3)9-13(18)19/h5-8H,9-10H2,1-4H3,(H,16,20)(H,18,19). The molecule has 0 aromatic heterocycles. The van der Waals surface area contributed by atoms with E-state index in [1.54, 1.807) is 20.9 Å². The predicted molar refractivity (Wildman–Crippen MR) is 77.5 cm³/mol. The fourth-order valence-corrected chi connectivity index (χ4v) is 1.85. The Balaban J connectivity index is 2.58. The second-order valence-corrected chi connectivity index (χ2v) is 5.73. The Morgan fingerprint density at radius 3 is 2.30 bits per heavy atom. The quantitative estimate of drug-likeness (QED) is 0.869. The largest absolute Gasteiger partial charge is 0.481 e. The molecule has 0 heterocycles. The summed E-state index contributed by atoms with van der Waals surface area (Å²) in [6.07, 6.45) is -0.114. The number of carbonyl (C=O) groups excluding carboxylic acids is 1. The maximum atomic E-state index is 12.0. The van der Waals surface area contributed by atoms with Crippen molar-refractivity contribution in [1.29, 1.82) is 0 Å². The lowest BCUT2D eigenvalue weighted by Gasteiger charge is -2.28. The van der Waals surface area contributed by atoms with E-state index in [0.29, 0.717) is 6.54 Å². The van der Waals surface area contributed by atoms with Crippen LogP contribution in [0, 0.1) is 6.92 Å². The van der Waals surface area contributed by atoms with E-state index in [9.17, 15) is 9.59 Å². The highest BCUT2D eigenvalue weighted by molar-refractivity contribution is 5.76. The molecule has 1 rings (SSSR count). The molecule has 0 fully saturated rings. The summed E-state index contributed by atoms with van der Waals surface area (Å²) in [6, 6.07) is 7.66. The number of hydrogen-bond donors (Lipinski definition) is 2. The molecule has 1 aromatic rings. The first-order chi connectivity index (χ1) is 9.19. The number of hydrogen-bond acceptors (Lipinski definition) is 2. The smallest absolute Gasteiger partial charge is 0.317 e. The molecular weight excluding hydrogens is 256 g/mol. The topological polar surface area (TPSA) is 69.6 Å². The Labute approximate surface area is 119 Å². The molecule has 0 bridgehead atoms. The van der Waals surface area contributed by atoms with Crippen LogP contribution in [0.25, 0.3) is 0 Å². The van der Waals surface area contributed by atoms with Gasteiger partial charge in [-0.15, -0.1) is 0 Å². The van der Waals surface area contributed by atoms with Gasteiger partial charge in [0.05, 0.1) is 6.42 Å². The number of carbonyl (C=O) groups is 2. The number of nitrogens with zero attached hydrogens (tertiary/aromatic N) is 1. The molecule has 0 atom stereocenters. The first kappa shape index (κ1) is 16.0. The van der Waals surface area contributed by atoms with Crippen molar-refractivity contribution in [3.05, 3.63) is 35.4 Å². The Hall–Kier alpha value is -2.04. The van der Waals surface area contributed by atoms with Gasteiger partial charge in [-0.05, 0) is 26.3 Å². The summed E-state index contributed by atoms with van der Waals surface area (Å²) in [4.78, 5) is 24.3. The highest BCUT2D eigenvalue weighted by Gasteiger charge is 2.25. The molecule has 0 saturated carbocycles. The Morgan fingerprint density at radius 1 is 1.25 bits per heavy atom. The minimum Gasteiger partial charge on any atom is -0.481 e. The monoisotopic (exact) mass is 278 g/mol. The van der Waals surface area contributed by atoms with Crippen molar-refractivity contribution in [2.24, 2.45) is 0 Å². The highest BCUT2D eigenvalue weighted by atomic mass is 16.4. The average molecular weight is 278 g/mol. The van der Waals surface area contributed by atoms with E-state index in [4.69, 9.17) is 5.11 Å². The second kappa shape index (κ2) is 6.41. The lowest BCUT2D eigenvalue weighted by Crippen LogP contribution is -2.49. The number of aryl methyl sites for hydroxylation is 1. The zero-order valence-corrected chi connectivity index (χ0v) is 12.4. The van der Waals surface area contributed by atoms with Crippen LogP contribution in [0.5, 0.6) is 0 Å². The van der Waals surface area contributed by atoms with Crippen LogP contribution in [0.2, 0.25) is 0 Å². The van der Waals surface area contributed by atoms with Gasteiger partial charge >= 0.3 is 12.0 Å². The van der Waals surface area contributed by atoms with Gasteiger partial charge in [0.15, 0.2) is 0 Å². The van der Waals surface area contributed by atoms with E-state index >= 15 is 0 Å². The molecule has 1 aromatic carbocycles.